The molecule has 0 saturated carbocycles. The van der Waals surface area contributed by atoms with Gasteiger partial charge in [0.05, 0.1) is 12.8 Å². The highest BCUT2D eigenvalue weighted by Gasteiger charge is 2.19. The monoisotopic (exact) mass is 430 g/mol. The molecule has 3 nitrogen and oxygen atoms in total. The molecule has 0 amide bonds. The maximum atomic E-state index is 5.86. The van der Waals surface area contributed by atoms with Gasteiger partial charge >= 0.3 is 0 Å². The van der Waals surface area contributed by atoms with Crippen LogP contribution >= 0.6 is 0 Å². The van der Waals surface area contributed by atoms with Gasteiger partial charge in [-0.15, -0.1) is 0 Å². The number of methoxy groups -OCH3 is 1. The van der Waals surface area contributed by atoms with Crippen LogP contribution in [0.5, 0.6) is 5.75 Å². The number of ether oxygens (including phenoxy) is 1. The smallest absolute Gasteiger partial charge is 0.127 e. The van der Waals surface area contributed by atoms with Crippen LogP contribution in [0.1, 0.15) is 68.3 Å². The van der Waals surface area contributed by atoms with Gasteiger partial charge in [-0.25, -0.2) is 0 Å². The molecule has 3 rings (SSSR count). The van der Waals surface area contributed by atoms with Crippen LogP contribution in [0.3, 0.4) is 0 Å². The zero-order valence-electron chi connectivity index (χ0n) is 20.4. The number of benzene rings is 2. The van der Waals surface area contributed by atoms with E-state index in [-0.39, 0.29) is 0 Å². The van der Waals surface area contributed by atoms with Crippen molar-refractivity contribution in [2.45, 2.75) is 65.5 Å². The molecule has 2 aromatic carbocycles. The zero-order valence-corrected chi connectivity index (χ0v) is 20.4. The number of nitrogens with zero attached hydrogens (tertiary/aromatic N) is 2. The van der Waals surface area contributed by atoms with E-state index >= 15 is 0 Å². The third kappa shape index (κ3) is 5.58. The fourth-order valence-corrected chi connectivity index (χ4v) is 4.58. The van der Waals surface area contributed by atoms with Crippen LogP contribution in [0, 0.1) is 0 Å². The highest BCUT2D eigenvalue weighted by molar-refractivity contribution is 5.69. The molecule has 1 atom stereocenters. The first kappa shape index (κ1) is 24.0. The highest BCUT2D eigenvalue weighted by Crippen LogP contribution is 2.33. The minimum absolute atomic E-state index is 0.382. The van der Waals surface area contributed by atoms with Crippen molar-refractivity contribution in [1.29, 1.82) is 0 Å². The van der Waals surface area contributed by atoms with E-state index in [0.717, 1.165) is 42.8 Å². The molecule has 3 aromatic rings. The van der Waals surface area contributed by atoms with Crippen molar-refractivity contribution in [3.05, 3.63) is 83.0 Å². The average molecular weight is 431 g/mol. The Kier molecular flexibility index (Phi) is 8.87. The maximum Gasteiger partial charge on any atom is 0.127 e. The van der Waals surface area contributed by atoms with Gasteiger partial charge in [0.15, 0.2) is 0 Å². The molecular formula is C29H38N2O. The van der Waals surface area contributed by atoms with Gasteiger partial charge in [-0.2, -0.15) is 0 Å². The summed E-state index contributed by atoms with van der Waals surface area (Å²) in [6.45, 7) is 7.47. The summed E-state index contributed by atoms with van der Waals surface area (Å²) < 4.78 is 5.86. The first-order chi connectivity index (χ1) is 15.6. The molecule has 1 unspecified atom stereocenters. The topological polar surface area (TPSA) is 25.4 Å². The van der Waals surface area contributed by atoms with Crippen molar-refractivity contribution < 1.29 is 4.74 Å². The molecular weight excluding hydrogens is 392 g/mol. The highest BCUT2D eigenvalue weighted by atomic mass is 16.5. The molecule has 0 aliphatic carbocycles. The fraction of sp³-hybridized carbons (Fsp3) is 0.414. The van der Waals surface area contributed by atoms with E-state index in [4.69, 9.17) is 9.72 Å². The van der Waals surface area contributed by atoms with Gasteiger partial charge in [-0.05, 0) is 43.0 Å². The summed E-state index contributed by atoms with van der Waals surface area (Å²) in [5.41, 5.74) is 7.45. The predicted octanol–water partition coefficient (Wildman–Crippen LogP) is 7.25. The standard InChI is InChI=1S/C29H38N2O/c1-6-9-18-27(24-14-11-10-12-15-24)31(4)21-25-20-30-26(19-28(25)32-5)29-22(7-2)16-13-17-23(29)8-3/h10-17,19-20,27H,6-9,18,21H2,1-5H3. The summed E-state index contributed by atoms with van der Waals surface area (Å²) >= 11 is 0. The Labute approximate surface area is 194 Å². The first-order valence-electron chi connectivity index (χ1n) is 12.0. The number of hydrogen-bond acceptors (Lipinski definition) is 3. The van der Waals surface area contributed by atoms with Gasteiger partial charge in [-0.1, -0.05) is 82.1 Å². The lowest BCUT2D eigenvalue weighted by molar-refractivity contribution is 0.218. The zero-order chi connectivity index (χ0) is 22.9. The van der Waals surface area contributed by atoms with Crippen LogP contribution in [0.4, 0.5) is 0 Å². The number of rotatable bonds is 11. The third-order valence-electron chi connectivity index (χ3n) is 6.39. The van der Waals surface area contributed by atoms with Crippen molar-refractivity contribution in [3.8, 4) is 17.0 Å². The normalized spacial score (nSPS) is 12.2. The van der Waals surface area contributed by atoms with Crippen LogP contribution in [-0.4, -0.2) is 24.0 Å². The Hall–Kier alpha value is -2.65. The second-order valence-corrected chi connectivity index (χ2v) is 8.52. The SMILES string of the molecule is CCCCC(c1ccccc1)N(C)Cc1cnc(-c2c(CC)cccc2CC)cc1OC. The molecule has 0 spiro atoms. The Morgan fingerprint density at radius 1 is 0.906 bits per heavy atom. The summed E-state index contributed by atoms with van der Waals surface area (Å²) in [7, 11) is 3.98. The van der Waals surface area contributed by atoms with E-state index in [1.165, 1.54) is 35.1 Å². The van der Waals surface area contributed by atoms with Gasteiger partial charge in [-0.3, -0.25) is 9.88 Å². The van der Waals surface area contributed by atoms with Crippen molar-refractivity contribution in [2.75, 3.05) is 14.2 Å². The number of aromatic nitrogens is 1. The number of pyridine rings is 1. The second-order valence-electron chi connectivity index (χ2n) is 8.52. The van der Waals surface area contributed by atoms with E-state index < -0.39 is 0 Å². The lowest BCUT2D eigenvalue weighted by Gasteiger charge is -2.29. The second kappa shape index (κ2) is 11.8. The Morgan fingerprint density at radius 2 is 1.59 bits per heavy atom. The van der Waals surface area contributed by atoms with E-state index in [9.17, 15) is 0 Å². The Bertz CT molecular complexity index is 961. The summed E-state index contributed by atoms with van der Waals surface area (Å²) in [6.07, 6.45) is 7.56. The molecule has 0 aliphatic rings. The largest absolute Gasteiger partial charge is 0.496 e. The third-order valence-corrected chi connectivity index (χ3v) is 6.39. The molecule has 32 heavy (non-hydrogen) atoms. The van der Waals surface area contributed by atoms with Crippen LogP contribution < -0.4 is 4.74 Å². The van der Waals surface area contributed by atoms with Gasteiger partial charge in [0.25, 0.3) is 0 Å². The van der Waals surface area contributed by atoms with E-state index in [1.807, 2.05) is 6.20 Å². The Balaban J connectivity index is 1.91. The summed E-state index contributed by atoms with van der Waals surface area (Å²) in [4.78, 5) is 7.35. The predicted molar refractivity (Wildman–Crippen MR) is 135 cm³/mol. The average Bonchev–Trinajstić information content (AvgIpc) is 2.84. The van der Waals surface area contributed by atoms with Gasteiger partial charge in [0.2, 0.25) is 0 Å². The summed E-state index contributed by atoms with van der Waals surface area (Å²) in [5.74, 6) is 0.914. The van der Waals surface area contributed by atoms with Gasteiger partial charge in [0.1, 0.15) is 5.75 Å². The van der Waals surface area contributed by atoms with Crippen molar-refractivity contribution >= 4 is 0 Å². The molecule has 1 heterocycles. The molecule has 0 bridgehead atoms. The van der Waals surface area contributed by atoms with E-state index in [1.54, 1.807) is 7.11 Å². The molecule has 0 fully saturated rings. The lowest BCUT2D eigenvalue weighted by atomic mass is 9.94. The van der Waals surface area contributed by atoms with Crippen molar-refractivity contribution in [3.63, 3.8) is 0 Å². The van der Waals surface area contributed by atoms with Crippen LogP contribution in [0.2, 0.25) is 0 Å². The molecule has 0 radical (unpaired) electrons. The molecule has 170 valence electrons. The van der Waals surface area contributed by atoms with Gasteiger partial charge < -0.3 is 4.74 Å². The van der Waals surface area contributed by atoms with Crippen molar-refractivity contribution in [1.82, 2.24) is 9.88 Å². The van der Waals surface area contributed by atoms with Gasteiger partial charge in [0, 0.05) is 36.0 Å². The maximum absolute atomic E-state index is 5.86. The summed E-state index contributed by atoms with van der Waals surface area (Å²) in [6, 6.07) is 19.9. The molecule has 0 aliphatic heterocycles. The van der Waals surface area contributed by atoms with E-state index in [2.05, 4.69) is 87.3 Å². The minimum Gasteiger partial charge on any atom is -0.496 e. The molecule has 1 aromatic heterocycles. The quantitative estimate of drug-likeness (QED) is 0.320. The van der Waals surface area contributed by atoms with Crippen LogP contribution in [-0.2, 0) is 19.4 Å². The van der Waals surface area contributed by atoms with Crippen LogP contribution in [0.25, 0.3) is 11.3 Å². The fourth-order valence-electron chi connectivity index (χ4n) is 4.58. The summed E-state index contributed by atoms with van der Waals surface area (Å²) in [5, 5.41) is 0. The number of hydrogen-bond donors (Lipinski definition) is 0. The number of aryl methyl sites for hydroxylation is 2. The molecule has 0 N–H and O–H groups in total. The number of unbranched alkanes of at least 4 members (excludes halogenated alkanes) is 1. The first-order valence-corrected chi connectivity index (χ1v) is 12.0. The molecule has 3 heteroatoms. The minimum atomic E-state index is 0.382. The van der Waals surface area contributed by atoms with Crippen molar-refractivity contribution in [2.24, 2.45) is 0 Å². The molecule has 0 saturated heterocycles. The lowest BCUT2D eigenvalue weighted by Crippen LogP contribution is -2.24. The van der Waals surface area contributed by atoms with Crippen LogP contribution in [0.15, 0.2) is 60.8 Å². The Morgan fingerprint density at radius 3 is 2.19 bits per heavy atom. The van der Waals surface area contributed by atoms with E-state index in [0.29, 0.717) is 6.04 Å².